The Labute approximate surface area is 150 Å². The molecule has 2 atom stereocenters. The molecule has 0 saturated carbocycles. The molecular formula is C19H17N3O4. The molecule has 1 saturated heterocycles. The van der Waals surface area contributed by atoms with Crippen LogP contribution in [-0.2, 0) is 9.59 Å². The van der Waals surface area contributed by atoms with E-state index >= 15 is 0 Å². The van der Waals surface area contributed by atoms with Crippen LogP contribution in [0, 0.1) is 5.92 Å². The number of nitrogens with one attached hydrogen (secondary N) is 2. The normalized spacial score (nSPS) is 21.0. The highest BCUT2D eigenvalue weighted by Crippen LogP contribution is 2.32. The lowest BCUT2D eigenvalue weighted by Crippen LogP contribution is -2.34. The van der Waals surface area contributed by atoms with Crippen molar-refractivity contribution in [2.24, 2.45) is 11.0 Å². The van der Waals surface area contributed by atoms with Crippen LogP contribution in [0.25, 0.3) is 0 Å². The first-order valence-electron chi connectivity index (χ1n) is 8.27. The predicted molar refractivity (Wildman–Crippen MR) is 94.0 cm³/mol. The van der Waals surface area contributed by atoms with Gasteiger partial charge in [0, 0.05) is 12.5 Å². The number of ether oxygens (including phenoxy) is 2. The Morgan fingerprint density at radius 1 is 1.15 bits per heavy atom. The lowest BCUT2D eigenvalue weighted by Gasteiger charge is -2.15. The predicted octanol–water partition coefficient (Wildman–Crippen LogP) is 1.40. The molecule has 0 spiro atoms. The van der Waals surface area contributed by atoms with Crippen molar-refractivity contribution in [3.8, 4) is 11.5 Å². The quantitative estimate of drug-likeness (QED) is 0.495. The number of rotatable bonds is 4. The molecular weight excluding hydrogens is 334 g/mol. The van der Waals surface area contributed by atoms with E-state index in [4.69, 9.17) is 9.47 Å². The molecule has 7 heteroatoms. The Kier molecular flexibility index (Phi) is 4.27. The summed E-state index contributed by atoms with van der Waals surface area (Å²) < 4.78 is 10.5. The molecule has 0 unspecified atom stereocenters. The first-order valence-corrected chi connectivity index (χ1v) is 8.27. The third-order valence-electron chi connectivity index (χ3n) is 4.48. The molecule has 2 N–H and O–H groups in total. The van der Waals surface area contributed by atoms with E-state index in [1.165, 1.54) is 6.21 Å². The van der Waals surface area contributed by atoms with Crippen molar-refractivity contribution in [3.63, 3.8) is 0 Å². The van der Waals surface area contributed by atoms with Gasteiger partial charge in [-0.15, -0.1) is 0 Å². The highest BCUT2D eigenvalue weighted by molar-refractivity contribution is 6.03. The fourth-order valence-corrected chi connectivity index (χ4v) is 3.17. The summed E-state index contributed by atoms with van der Waals surface area (Å²) in [5.41, 5.74) is 4.17. The molecule has 2 amide bonds. The fourth-order valence-electron chi connectivity index (χ4n) is 3.17. The van der Waals surface area contributed by atoms with Crippen LogP contribution < -0.4 is 20.2 Å². The van der Waals surface area contributed by atoms with Gasteiger partial charge in [0.25, 0.3) is 5.91 Å². The number of nitrogens with zero attached hydrogens (tertiary/aromatic N) is 1. The van der Waals surface area contributed by atoms with Crippen LogP contribution in [0.15, 0.2) is 53.6 Å². The number of benzene rings is 2. The molecule has 0 aliphatic carbocycles. The lowest BCUT2D eigenvalue weighted by atomic mass is 9.88. The highest BCUT2D eigenvalue weighted by Gasteiger charge is 2.40. The van der Waals surface area contributed by atoms with Gasteiger partial charge in [-0.2, -0.15) is 5.10 Å². The molecule has 0 radical (unpaired) electrons. The van der Waals surface area contributed by atoms with E-state index in [0.717, 1.165) is 11.1 Å². The highest BCUT2D eigenvalue weighted by atomic mass is 16.7. The summed E-state index contributed by atoms with van der Waals surface area (Å²) in [6.07, 6.45) is 1.50. The topological polar surface area (TPSA) is 89.0 Å². The first-order chi connectivity index (χ1) is 12.7. The van der Waals surface area contributed by atoms with Gasteiger partial charge in [0.1, 0.15) is 5.92 Å². The summed E-state index contributed by atoms with van der Waals surface area (Å²) in [6, 6.07) is 14.9. The molecule has 0 bridgehead atoms. The summed E-state index contributed by atoms with van der Waals surface area (Å²) in [7, 11) is 0. The zero-order valence-electron chi connectivity index (χ0n) is 13.8. The largest absolute Gasteiger partial charge is 0.454 e. The average Bonchev–Trinajstić information content (AvgIpc) is 3.28. The van der Waals surface area contributed by atoms with Crippen molar-refractivity contribution in [1.29, 1.82) is 0 Å². The van der Waals surface area contributed by atoms with Gasteiger partial charge >= 0.3 is 0 Å². The molecule has 2 aliphatic heterocycles. The van der Waals surface area contributed by atoms with Crippen LogP contribution in [0.5, 0.6) is 11.5 Å². The number of hydrogen-bond donors (Lipinski definition) is 2. The van der Waals surface area contributed by atoms with E-state index in [0.29, 0.717) is 18.0 Å². The monoisotopic (exact) mass is 351 g/mol. The third kappa shape index (κ3) is 3.11. The minimum Gasteiger partial charge on any atom is -0.454 e. The number of carbonyl (C=O) groups excluding carboxylic acids is 2. The van der Waals surface area contributed by atoms with Crippen LogP contribution in [0.1, 0.15) is 17.0 Å². The maximum Gasteiger partial charge on any atom is 0.253 e. The first kappa shape index (κ1) is 16.1. The van der Waals surface area contributed by atoms with Crippen molar-refractivity contribution in [1.82, 2.24) is 10.7 Å². The molecule has 7 nitrogen and oxygen atoms in total. The van der Waals surface area contributed by atoms with Gasteiger partial charge in [-0.1, -0.05) is 30.3 Å². The maximum absolute atomic E-state index is 12.5. The zero-order chi connectivity index (χ0) is 17.9. The number of carbonyl (C=O) groups is 2. The van der Waals surface area contributed by atoms with Crippen LogP contribution in [0.4, 0.5) is 0 Å². The van der Waals surface area contributed by atoms with E-state index in [9.17, 15) is 9.59 Å². The number of hydrazone groups is 1. The summed E-state index contributed by atoms with van der Waals surface area (Å²) in [4.78, 5) is 24.6. The molecule has 0 aromatic heterocycles. The molecule has 26 heavy (non-hydrogen) atoms. The summed E-state index contributed by atoms with van der Waals surface area (Å²) in [6.45, 7) is 0.636. The van der Waals surface area contributed by atoms with Gasteiger partial charge in [-0.25, -0.2) is 5.43 Å². The number of amides is 2. The minimum atomic E-state index is -0.800. The second-order valence-electron chi connectivity index (χ2n) is 6.09. The van der Waals surface area contributed by atoms with Gasteiger partial charge in [0.2, 0.25) is 12.7 Å². The Bertz CT molecular complexity index is 866. The summed E-state index contributed by atoms with van der Waals surface area (Å²) in [5.74, 6) is -0.393. The SMILES string of the molecule is O=C1NC[C@@H](c2ccccc2)[C@@H]1C(=O)NN=Cc1ccc2c(c1)OCO2. The molecule has 2 aromatic carbocycles. The van der Waals surface area contributed by atoms with E-state index in [1.807, 2.05) is 30.3 Å². The smallest absolute Gasteiger partial charge is 0.253 e. The Morgan fingerprint density at radius 3 is 2.81 bits per heavy atom. The van der Waals surface area contributed by atoms with Crippen molar-refractivity contribution in [2.45, 2.75) is 5.92 Å². The molecule has 2 aliphatic rings. The van der Waals surface area contributed by atoms with E-state index in [2.05, 4.69) is 15.8 Å². The molecule has 2 aromatic rings. The van der Waals surface area contributed by atoms with Gasteiger partial charge in [0.05, 0.1) is 6.21 Å². The van der Waals surface area contributed by atoms with Gasteiger partial charge in [-0.05, 0) is 29.3 Å². The van der Waals surface area contributed by atoms with E-state index < -0.39 is 11.8 Å². The second-order valence-corrected chi connectivity index (χ2v) is 6.09. The molecule has 132 valence electrons. The standard InChI is InChI=1S/C19H17N3O4/c23-18-17(14(10-20-18)13-4-2-1-3-5-13)19(24)22-21-9-12-6-7-15-16(8-12)26-11-25-15/h1-9,14,17H,10-11H2,(H,20,23)(H,22,24)/t14-,17-/m0/s1. The van der Waals surface area contributed by atoms with E-state index in [1.54, 1.807) is 18.2 Å². The van der Waals surface area contributed by atoms with Crippen LogP contribution in [-0.4, -0.2) is 31.4 Å². The van der Waals surface area contributed by atoms with Gasteiger partial charge in [0.15, 0.2) is 11.5 Å². The third-order valence-corrected chi connectivity index (χ3v) is 4.48. The number of hydrogen-bond acceptors (Lipinski definition) is 5. The Morgan fingerprint density at radius 2 is 1.96 bits per heavy atom. The van der Waals surface area contributed by atoms with Crippen molar-refractivity contribution in [3.05, 3.63) is 59.7 Å². The second kappa shape index (κ2) is 6.87. The van der Waals surface area contributed by atoms with E-state index in [-0.39, 0.29) is 18.6 Å². The van der Waals surface area contributed by atoms with Crippen LogP contribution >= 0.6 is 0 Å². The number of fused-ring (bicyclic) bond motifs is 1. The molecule has 2 heterocycles. The Hall–Kier alpha value is -3.35. The minimum absolute atomic E-state index is 0.199. The molecule has 4 rings (SSSR count). The maximum atomic E-state index is 12.5. The molecule has 1 fully saturated rings. The fraction of sp³-hybridized carbons (Fsp3) is 0.211. The Balaban J connectivity index is 1.44. The average molecular weight is 351 g/mol. The van der Waals surface area contributed by atoms with Crippen molar-refractivity contribution < 1.29 is 19.1 Å². The van der Waals surface area contributed by atoms with Crippen LogP contribution in [0.3, 0.4) is 0 Å². The summed E-state index contributed by atoms with van der Waals surface area (Å²) >= 11 is 0. The summed E-state index contributed by atoms with van der Waals surface area (Å²) in [5, 5.41) is 6.73. The zero-order valence-corrected chi connectivity index (χ0v) is 13.8. The van der Waals surface area contributed by atoms with Gasteiger partial charge in [-0.3, -0.25) is 9.59 Å². The lowest BCUT2D eigenvalue weighted by molar-refractivity contribution is -0.133. The van der Waals surface area contributed by atoms with Crippen molar-refractivity contribution >= 4 is 18.0 Å². The van der Waals surface area contributed by atoms with Crippen LogP contribution in [0.2, 0.25) is 0 Å². The van der Waals surface area contributed by atoms with Crippen molar-refractivity contribution in [2.75, 3.05) is 13.3 Å². The van der Waals surface area contributed by atoms with Gasteiger partial charge < -0.3 is 14.8 Å².